The number of amides is 1. The molecule has 2 saturated heterocycles. The zero-order valence-corrected chi connectivity index (χ0v) is 18.2. The molecule has 6 nitrogen and oxygen atoms in total. The van der Waals surface area contributed by atoms with Crippen LogP contribution >= 0.6 is 0 Å². The van der Waals surface area contributed by atoms with Crippen molar-refractivity contribution in [2.75, 3.05) is 19.0 Å². The van der Waals surface area contributed by atoms with Gasteiger partial charge in [0.15, 0.2) is 23.0 Å². The normalized spacial score (nSPS) is 28.6. The quantitative estimate of drug-likeness (QED) is 0.488. The summed E-state index contributed by atoms with van der Waals surface area (Å²) in [5.74, 6) is -8.21. The summed E-state index contributed by atoms with van der Waals surface area (Å²) in [6.07, 6.45) is -6.27. The molecule has 4 rings (SSSR count). The number of methoxy groups -OCH3 is 1. The van der Waals surface area contributed by atoms with Crippen LogP contribution in [0, 0.1) is 23.4 Å². The average Bonchev–Trinajstić information content (AvgIpc) is 3.57. The van der Waals surface area contributed by atoms with Gasteiger partial charge in [0, 0.05) is 17.4 Å². The van der Waals surface area contributed by atoms with Crippen LogP contribution in [0.3, 0.4) is 0 Å². The molecule has 1 amide bonds. The van der Waals surface area contributed by atoms with Gasteiger partial charge in [0.05, 0.1) is 31.3 Å². The Bertz CT molecular complexity index is 1120. The van der Waals surface area contributed by atoms with Gasteiger partial charge in [-0.15, -0.1) is 0 Å². The molecule has 0 aliphatic carbocycles. The Kier molecular flexibility index (Phi) is 6.01. The monoisotopic (exact) mass is 490 g/mol. The lowest BCUT2D eigenvalue weighted by Crippen LogP contribution is -2.47. The van der Waals surface area contributed by atoms with Crippen molar-refractivity contribution in [2.45, 2.75) is 43.8 Å². The second-order valence-electron chi connectivity index (χ2n) is 8.34. The summed E-state index contributed by atoms with van der Waals surface area (Å²) in [5.41, 5.74) is -3.02. The van der Waals surface area contributed by atoms with E-state index in [1.54, 1.807) is 0 Å². The third-order valence-electron chi connectivity index (χ3n) is 6.37. The van der Waals surface area contributed by atoms with E-state index in [-0.39, 0.29) is 17.4 Å². The molecule has 2 aliphatic heterocycles. The van der Waals surface area contributed by atoms with Gasteiger partial charge in [-0.3, -0.25) is 9.78 Å². The molecule has 0 saturated carbocycles. The van der Waals surface area contributed by atoms with Gasteiger partial charge in [-0.05, 0) is 19.1 Å². The van der Waals surface area contributed by atoms with Gasteiger partial charge in [-0.1, -0.05) is 13.0 Å². The van der Waals surface area contributed by atoms with Crippen molar-refractivity contribution in [3.63, 3.8) is 0 Å². The summed E-state index contributed by atoms with van der Waals surface area (Å²) < 4.78 is 99.6. The van der Waals surface area contributed by atoms with Crippen molar-refractivity contribution in [1.82, 2.24) is 4.98 Å². The van der Waals surface area contributed by atoms with Crippen molar-refractivity contribution >= 4 is 11.6 Å². The second kappa shape index (κ2) is 8.42. The van der Waals surface area contributed by atoms with Crippen molar-refractivity contribution in [3.05, 3.63) is 53.1 Å². The molecule has 184 valence electrons. The molecular weight excluding hydrogens is 470 g/mol. The van der Waals surface area contributed by atoms with E-state index in [1.165, 1.54) is 13.0 Å². The molecule has 0 unspecified atom stereocenters. The molecule has 1 aromatic carbocycles. The molecule has 3 heterocycles. The van der Waals surface area contributed by atoms with Crippen LogP contribution in [-0.2, 0) is 14.3 Å². The van der Waals surface area contributed by atoms with Crippen molar-refractivity contribution in [2.24, 2.45) is 5.92 Å². The van der Waals surface area contributed by atoms with Gasteiger partial charge in [-0.2, -0.15) is 17.6 Å². The number of carbonyl (C=O) groups is 1. The van der Waals surface area contributed by atoms with Crippen LogP contribution in [0.2, 0.25) is 0 Å². The number of hydrogen-bond acceptors (Lipinski definition) is 5. The fourth-order valence-electron chi connectivity index (χ4n) is 4.19. The Balaban J connectivity index is 1.75. The van der Waals surface area contributed by atoms with Gasteiger partial charge in [0.25, 0.3) is 5.91 Å². The predicted octanol–water partition coefficient (Wildman–Crippen LogP) is 4.66. The number of carbonyl (C=O) groups excluding carboxylic acids is 1. The summed E-state index contributed by atoms with van der Waals surface area (Å²) in [4.78, 5) is 17.0. The van der Waals surface area contributed by atoms with E-state index >= 15 is 0 Å². The number of pyridine rings is 1. The minimum Gasteiger partial charge on any atom is -0.493 e. The molecule has 2 aliphatic rings. The number of halogens is 6. The maximum atomic E-state index is 14.4. The number of benzene rings is 1. The number of alkyl halides is 3. The van der Waals surface area contributed by atoms with Gasteiger partial charge in [0.1, 0.15) is 12.2 Å². The van der Waals surface area contributed by atoms with Crippen LogP contribution in [0.1, 0.15) is 37.1 Å². The number of epoxide rings is 1. The fourth-order valence-corrected chi connectivity index (χ4v) is 4.19. The lowest BCUT2D eigenvalue weighted by Gasteiger charge is -2.32. The maximum Gasteiger partial charge on any atom is 0.417 e. The Morgan fingerprint density at radius 3 is 2.50 bits per heavy atom. The summed E-state index contributed by atoms with van der Waals surface area (Å²) in [6, 6.07) is 2.97. The number of rotatable bonds is 5. The largest absolute Gasteiger partial charge is 0.493 e. The highest BCUT2D eigenvalue weighted by molar-refractivity contribution is 5.95. The summed E-state index contributed by atoms with van der Waals surface area (Å²) >= 11 is 0. The first-order valence-corrected chi connectivity index (χ1v) is 10.2. The molecule has 0 bridgehead atoms. The van der Waals surface area contributed by atoms with E-state index in [1.807, 2.05) is 0 Å². The van der Waals surface area contributed by atoms with Crippen LogP contribution < -0.4 is 10.1 Å². The minimum absolute atomic E-state index is 0.190. The molecule has 34 heavy (non-hydrogen) atoms. The summed E-state index contributed by atoms with van der Waals surface area (Å²) in [5, 5.41) is 2.24. The summed E-state index contributed by atoms with van der Waals surface area (Å²) in [6.45, 7) is 2.30. The van der Waals surface area contributed by atoms with E-state index in [0.717, 1.165) is 32.4 Å². The van der Waals surface area contributed by atoms with E-state index in [9.17, 15) is 31.1 Å². The Morgan fingerprint density at radius 1 is 1.24 bits per heavy atom. The maximum absolute atomic E-state index is 14.4. The van der Waals surface area contributed by atoms with Crippen LogP contribution in [0.25, 0.3) is 0 Å². The van der Waals surface area contributed by atoms with E-state index in [4.69, 9.17) is 14.2 Å². The highest BCUT2D eigenvalue weighted by atomic mass is 19.4. The second-order valence-corrected chi connectivity index (χ2v) is 8.34. The van der Waals surface area contributed by atoms with Crippen LogP contribution in [0.5, 0.6) is 5.75 Å². The molecule has 0 spiro atoms. The number of ether oxygens (including phenoxy) is 3. The van der Waals surface area contributed by atoms with Crippen molar-refractivity contribution in [1.29, 1.82) is 0 Å². The number of nitrogens with zero attached hydrogens (tertiary/aromatic N) is 1. The standard InChI is InChI=1S/C22H20F6N2O4/c1-9-16(10-4-5-11(23)17(25)18(10)32-3)19(34-21(9,2)22(26,27)28)20(31)30-13-6-14(15-8-33-15)29-7-12(13)24/h4-7,9,15-16,19H,8H2,1-3H3,(H,29,30,31)/t9-,15-,16-,19+,21+/m0/s1. The highest BCUT2D eigenvalue weighted by Crippen LogP contribution is 2.55. The smallest absolute Gasteiger partial charge is 0.417 e. The molecular formula is C22H20F6N2O4. The van der Waals surface area contributed by atoms with Crippen LogP contribution in [0.4, 0.5) is 32.0 Å². The average molecular weight is 490 g/mol. The van der Waals surface area contributed by atoms with E-state index in [2.05, 4.69) is 10.3 Å². The first-order valence-electron chi connectivity index (χ1n) is 10.2. The fraction of sp³-hybridized carbons (Fsp3) is 0.455. The van der Waals surface area contributed by atoms with E-state index < -0.39 is 58.8 Å². The molecule has 1 N–H and O–H groups in total. The molecule has 1 aromatic heterocycles. The first-order chi connectivity index (χ1) is 15.9. The number of nitrogens with one attached hydrogen (secondary N) is 1. The lowest BCUT2D eigenvalue weighted by atomic mass is 9.77. The Labute approximate surface area is 190 Å². The van der Waals surface area contributed by atoms with Crippen molar-refractivity contribution in [3.8, 4) is 5.75 Å². The predicted molar refractivity (Wildman–Crippen MR) is 106 cm³/mol. The molecule has 2 aromatic rings. The third-order valence-corrected chi connectivity index (χ3v) is 6.37. The molecule has 0 radical (unpaired) electrons. The van der Waals surface area contributed by atoms with Crippen molar-refractivity contribution < 1.29 is 45.3 Å². The van der Waals surface area contributed by atoms with Gasteiger partial charge >= 0.3 is 6.18 Å². The van der Waals surface area contributed by atoms with Crippen LogP contribution in [-0.4, -0.2) is 42.5 Å². The third kappa shape index (κ3) is 3.98. The number of anilines is 1. The SMILES string of the molecule is COc1c([C@H]2[C@H](C(=O)Nc3cc([C@@H]4CO4)ncc3F)O[C@@](C)(C(F)(F)F)[C@H]2C)ccc(F)c1F. The minimum atomic E-state index is -4.91. The first kappa shape index (κ1) is 24.3. The molecule has 5 atom stereocenters. The topological polar surface area (TPSA) is 73.0 Å². The Morgan fingerprint density at radius 2 is 1.91 bits per heavy atom. The Hall–Kier alpha value is -2.86. The van der Waals surface area contributed by atoms with E-state index in [0.29, 0.717) is 12.3 Å². The zero-order valence-electron chi connectivity index (χ0n) is 18.2. The van der Waals surface area contributed by atoms with Gasteiger partial charge in [-0.25, -0.2) is 8.78 Å². The van der Waals surface area contributed by atoms with Gasteiger partial charge < -0.3 is 19.5 Å². The number of aromatic nitrogens is 1. The highest BCUT2D eigenvalue weighted by Gasteiger charge is 2.66. The van der Waals surface area contributed by atoms with Crippen LogP contribution in [0.15, 0.2) is 24.4 Å². The summed E-state index contributed by atoms with van der Waals surface area (Å²) in [7, 11) is 1.02. The lowest BCUT2D eigenvalue weighted by molar-refractivity contribution is -0.272. The number of hydrogen-bond donors (Lipinski definition) is 1. The molecule has 2 fully saturated rings. The van der Waals surface area contributed by atoms with Gasteiger partial charge in [0.2, 0.25) is 5.82 Å². The molecule has 12 heteroatoms. The zero-order chi connectivity index (χ0) is 25.0.